The largest absolute Gasteiger partial charge is 0.371 e. The van der Waals surface area contributed by atoms with Crippen LogP contribution in [0, 0.1) is 0 Å². The third-order valence-corrected chi connectivity index (χ3v) is 2.71. The number of nitrogens with zero attached hydrogens (tertiary/aromatic N) is 1. The fourth-order valence-corrected chi connectivity index (χ4v) is 1.96. The van der Waals surface area contributed by atoms with E-state index in [0.29, 0.717) is 6.10 Å². The van der Waals surface area contributed by atoms with Crippen LogP contribution in [0.15, 0.2) is 11.6 Å². The summed E-state index contributed by atoms with van der Waals surface area (Å²) < 4.78 is 5.71. The van der Waals surface area contributed by atoms with Crippen LogP contribution in [0.25, 0.3) is 0 Å². The van der Waals surface area contributed by atoms with E-state index in [0.717, 1.165) is 26.2 Å². The van der Waals surface area contributed by atoms with Gasteiger partial charge in [0.2, 0.25) is 0 Å². The number of ether oxygens (including phenoxy) is 1. The van der Waals surface area contributed by atoms with Crippen molar-refractivity contribution in [2.24, 2.45) is 0 Å². The quantitative estimate of drug-likeness (QED) is 0.588. The van der Waals surface area contributed by atoms with Gasteiger partial charge in [0.15, 0.2) is 0 Å². The molecule has 74 valence electrons. The SMILES string of the molecule is CN1CCC=C(C2CNCCO2)C1. The van der Waals surface area contributed by atoms with Crippen molar-refractivity contribution in [1.82, 2.24) is 10.2 Å². The standard InChI is InChI=1S/C10H18N2O/c1-12-5-2-3-9(8-12)10-7-11-4-6-13-10/h3,10-11H,2,4-8H2,1H3. The van der Waals surface area contributed by atoms with Crippen LogP contribution < -0.4 is 5.32 Å². The van der Waals surface area contributed by atoms with Crippen molar-refractivity contribution in [2.75, 3.05) is 39.8 Å². The van der Waals surface area contributed by atoms with Gasteiger partial charge in [-0.2, -0.15) is 0 Å². The highest BCUT2D eigenvalue weighted by Crippen LogP contribution is 2.15. The van der Waals surface area contributed by atoms with E-state index in [9.17, 15) is 0 Å². The third-order valence-electron chi connectivity index (χ3n) is 2.71. The van der Waals surface area contributed by atoms with Crippen molar-refractivity contribution in [3.63, 3.8) is 0 Å². The molecular weight excluding hydrogens is 164 g/mol. The van der Waals surface area contributed by atoms with Crippen molar-refractivity contribution in [1.29, 1.82) is 0 Å². The lowest BCUT2D eigenvalue weighted by atomic mass is 10.0. The summed E-state index contributed by atoms with van der Waals surface area (Å²) in [6.07, 6.45) is 3.85. The highest BCUT2D eigenvalue weighted by molar-refractivity contribution is 5.14. The highest BCUT2D eigenvalue weighted by atomic mass is 16.5. The number of rotatable bonds is 1. The molecule has 2 rings (SSSR count). The van der Waals surface area contributed by atoms with E-state index in [1.54, 1.807) is 0 Å². The molecule has 2 aliphatic rings. The zero-order chi connectivity index (χ0) is 9.10. The monoisotopic (exact) mass is 182 g/mol. The zero-order valence-electron chi connectivity index (χ0n) is 8.25. The third kappa shape index (κ3) is 2.30. The molecule has 3 nitrogen and oxygen atoms in total. The van der Waals surface area contributed by atoms with E-state index in [-0.39, 0.29) is 0 Å². The van der Waals surface area contributed by atoms with E-state index in [4.69, 9.17) is 4.74 Å². The van der Waals surface area contributed by atoms with Crippen LogP contribution in [0.2, 0.25) is 0 Å². The summed E-state index contributed by atoms with van der Waals surface area (Å²) in [5.41, 5.74) is 1.46. The van der Waals surface area contributed by atoms with E-state index in [2.05, 4.69) is 23.3 Å². The molecule has 0 spiro atoms. The van der Waals surface area contributed by atoms with Gasteiger partial charge >= 0.3 is 0 Å². The molecular formula is C10H18N2O. The Hall–Kier alpha value is -0.380. The minimum atomic E-state index is 0.330. The molecule has 0 aromatic carbocycles. The van der Waals surface area contributed by atoms with E-state index in [1.165, 1.54) is 18.5 Å². The molecule has 3 heteroatoms. The summed E-state index contributed by atoms with van der Waals surface area (Å²) in [6.45, 7) is 5.10. The van der Waals surface area contributed by atoms with Gasteiger partial charge in [-0.3, -0.25) is 0 Å². The maximum atomic E-state index is 5.71. The molecule has 0 saturated carbocycles. The molecule has 0 bridgehead atoms. The summed E-state index contributed by atoms with van der Waals surface area (Å²) in [5, 5.41) is 3.36. The molecule has 0 aromatic heterocycles. The first-order chi connectivity index (χ1) is 6.36. The van der Waals surface area contributed by atoms with Gasteiger partial charge in [-0.25, -0.2) is 0 Å². The molecule has 1 N–H and O–H groups in total. The first-order valence-electron chi connectivity index (χ1n) is 5.06. The minimum Gasteiger partial charge on any atom is -0.371 e. The van der Waals surface area contributed by atoms with Crippen molar-refractivity contribution < 1.29 is 4.74 Å². The summed E-state index contributed by atoms with van der Waals surface area (Å²) in [5.74, 6) is 0. The Morgan fingerprint density at radius 1 is 1.62 bits per heavy atom. The molecule has 1 atom stereocenters. The van der Waals surface area contributed by atoms with Gasteiger partial charge in [0.05, 0.1) is 12.7 Å². The lowest BCUT2D eigenvalue weighted by Gasteiger charge is -2.31. The number of morpholine rings is 1. The summed E-state index contributed by atoms with van der Waals surface area (Å²) in [7, 11) is 2.17. The number of hydrogen-bond donors (Lipinski definition) is 1. The van der Waals surface area contributed by atoms with Gasteiger partial charge in [0, 0.05) is 26.2 Å². The van der Waals surface area contributed by atoms with Gasteiger partial charge in [-0.15, -0.1) is 0 Å². The smallest absolute Gasteiger partial charge is 0.0922 e. The molecule has 0 aliphatic carbocycles. The Labute approximate surface area is 79.7 Å². The fourth-order valence-electron chi connectivity index (χ4n) is 1.96. The van der Waals surface area contributed by atoms with E-state index in [1.807, 2.05) is 0 Å². The van der Waals surface area contributed by atoms with E-state index < -0.39 is 0 Å². The van der Waals surface area contributed by atoms with Crippen LogP contribution in [0.3, 0.4) is 0 Å². The molecule has 2 heterocycles. The average molecular weight is 182 g/mol. The Balaban J connectivity index is 1.94. The van der Waals surface area contributed by atoms with Crippen LogP contribution >= 0.6 is 0 Å². The Bertz CT molecular complexity index is 197. The molecule has 1 unspecified atom stereocenters. The fraction of sp³-hybridized carbons (Fsp3) is 0.800. The van der Waals surface area contributed by atoms with Crippen molar-refractivity contribution in [3.8, 4) is 0 Å². The van der Waals surface area contributed by atoms with Crippen LogP contribution in [-0.4, -0.2) is 50.8 Å². The maximum absolute atomic E-state index is 5.71. The minimum absolute atomic E-state index is 0.330. The number of nitrogens with one attached hydrogen (secondary N) is 1. The Kier molecular flexibility index (Phi) is 2.98. The van der Waals surface area contributed by atoms with Crippen molar-refractivity contribution in [2.45, 2.75) is 12.5 Å². The molecule has 0 aromatic rings. The van der Waals surface area contributed by atoms with Crippen molar-refractivity contribution >= 4 is 0 Å². The molecule has 2 aliphatic heterocycles. The second-order valence-electron chi connectivity index (χ2n) is 3.87. The normalized spacial score (nSPS) is 31.5. The predicted octanol–water partition coefficient (Wildman–Crippen LogP) is 0.237. The lowest BCUT2D eigenvalue weighted by Crippen LogP contribution is -2.42. The summed E-state index contributed by atoms with van der Waals surface area (Å²) >= 11 is 0. The van der Waals surface area contributed by atoms with Gasteiger partial charge in [0.25, 0.3) is 0 Å². The van der Waals surface area contributed by atoms with Gasteiger partial charge in [-0.05, 0) is 19.0 Å². The second-order valence-corrected chi connectivity index (χ2v) is 3.87. The van der Waals surface area contributed by atoms with Crippen molar-refractivity contribution in [3.05, 3.63) is 11.6 Å². The Morgan fingerprint density at radius 2 is 2.54 bits per heavy atom. The van der Waals surface area contributed by atoms with Gasteiger partial charge < -0.3 is 15.0 Å². The maximum Gasteiger partial charge on any atom is 0.0922 e. The van der Waals surface area contributed by atoms with Crippen LogP contribution in [-0.2, 0) is 4.74 Å². The second kappa shape index (κ2) is 4.22. The number of likely N-dealkylation sites (N-methyl/N-ethyl adjacent to an activating group) is 1. The first-order valence-corrected chi connectivity index (χ1v) is 5.06. The van der Waals surface area contributed by atoms with E-state index >= 15 is 0 Å². The van der Waals surface area contributed by atoms with Gasteiger partial charge in [-0.1, -0.05) is 6.08 Å². The van der Waals surface area contributed by atoms with Crippen LogP contribution in [0.1, 0.15) is 6.42 Å². The lowest BCUT2D eigenvalue weighted by molar-refractivity contribution is 0.0463. The van der Waals surface area contributed by atoms with Gasteiger partial charge in [0.1, 0.15) is 0 Å². The summed E-state index contributed by atoms with van der Waals surface area (Å²) in [4.78, 5) is 2.35. The summed E-state index contributed by atoms with van der Waals surface area (Å²) in [6, 6.07) is 0. The first kappa shape index (κ1) is 9.19. The predicted molar refractivity (Wildman–Crippen MR) is 52.8 cm³/mol. The average Bonchev–Trinajstić information content (AvgIpc) is 2.19. The number of hydrogen-bond acceptors (Lipinski definition) is 3. The highest BCUT2D eigenvalue weighted by Gasteiger charge is 2.20. The zero-order valence-corrected chi connectivity index (χ0v) is 8.25. The molecule has 13 heavy (non-hydrogen) atoms. The molecule has 0 amide bonds. The molecule has 1 saturated heterocycles. The van der Waals surface area contributed by atoms with Crippen LogP contribution in [0.5, 0.6) is 0 Å². The molecule has 0 radical (unpaired) electrons. The Morgan fingerprint density at radius 3 is 3.23 bits per heavy atom. The molecule has 1 fully saturated rings. The topological polar surface area (TPSA) is 24.5 Å². The van der Waals surface area contributed by atoms with Crippen LogP contribution in [0.4, 0.5) is 0 Å².